The van der Waals surface area contributed by atoms with Crippen molar-refractivity contribution in [2.24, 2.45) is 0 Å². The van der Waals surface area contributed by atoms with Crippen LogP contribution in [0.25, 0.3) is 0 Å². The topological polar surface area (TPSA) is 39.2 Å². The van der Waals surface area contributed by atoms with Crippen LogP contribution in [0.1, 0.15) is 17.4 Å². The molecule has 1 heterocycles. The van der Waals surface area contributed by atoms with Gasteiger partial charge in [-0.2, -0.15) is 0 Å². The van der Waals surface area contributed by atoms with Crippen LogP contribution < -0.4 is 0 Å². The first kappa shape index (κ1) is 10.9. The predicted octanol–water partition coefficient (Wildman–Crippen LogP) is 2.63. The van der Waals surface area contributed by atoms with E-state index in [0.29, 0.717) is 16.8 Å². The molecule has 0 saturated heterocycles. The second-order valence-corrected chi connectivity index (χ2v) is 4.14. The van der Waals surface area contributed by atoms with Gasteiger partial charge in [-0.25, -0.2) is 9.78 Å². The van der Waals surface area contributed by atoms with Gasteiger partial charge in [0.15, 0.2) is 5.69 Å². The van der Waals surface area contributed by atoms with Gasteiger partial charge in [-0.15, -0.1) is 0 Å². The Morgan fingerprint density at radius 1 is 1.69 bits per heavy atom. The summed E-state index contributed by atoms with van der Waals surface area (Å²) in [5.41, 5.74) is 0.328. The minimum Gasteiger partial charge on any atom is -0.461 e. The summed E-state index contributed by atoms with van der Waals surface area (Å²) in [5.74, 6) is -0.395. The lowest BCUT2D eigenvalue weighted by Gasteiger charge is -2.02. The normalized spacial score (nSPS) is 9.77. The van der Waals surface area contributed by atoms with Gasteiger partial charge in [-0.05, 0) is 57.6 Å². The van der Waals surface area contributed by atoms with Gasteiger partial charge < -0.3 is 4.74 Å². The third-order valence-corrected chi connectivity index (χ3v) is 2.52. The number of nitrogens with zero attached hydrogens (tertiary/aromatic N) is 1. The standard InChI is InChI=1S/C8H7BrINO2/c1-2-13-8(12)7-5(9)3-4-6(10)11-7/h3-4H,2H2,1H3. The number of pyridine rings is 1. The number of hydrogen-bond acceptors (Lipinski definition) is 3. The van der Waals surface area contributed by atoms with E-state index in [1.54, 1.807) is 13.0 Å². The predicted molar refractivity (Wildman–Crippen MR) is 60.6 cm³/mol. The number of rotatable bonds is 2. The van der Waals surface area contributed by atoms with E-state index in [2.05, 4.69) is 20.9 Å². The highest BCUT2D eigenvalue weighted by Crippen LogP contribution is 2.16. The van der Waals surface area contributed by atoms with E-state index in [0.717, 1.165) is 3.70 Å². The molecule has 1 aromatic heterocycles. The molecule has 5 heteroatoms. The summed E-state index contributed by atoms with van der Waals surface area (Å²) in [4.78, 5) is 15.4. The van der Waals surface area contributed by atoms with Crippen molar-refractivity contribution in [3.63, 3.8) is 0 Å². The maximum absolute atomic E-state index is 11.3. The van der Waals surface area contributed by atoms with Crippen molar-refractivity contribution in [3.05, 3.63) is 26.0 Å². The zero-order valence-electron chi connectivity index (χ0n) is 6.88. The zero-order chi connectivity index (χ0) is 9.84. The van der Waals surface area contributed by atoms with Crippen molar-refractivity contribution >= 4 is 44.5 Å². The number of aromatic nitrogens is 1. The summed E-state index contributed by atoms with van der Waals surface area (Å²) in [7, 11) is 0. The maximum atomic E-state index is 11.3. The molecule has 0 unspecified atom stereocenters. The number of esters is 1. The molecular weight excluding hydrogens is 349 g/mol. The van der Waals surface area contributed by atoms with E-state index in [1.807, 2.05) is 28.7 Å². The summed E-state index contributed by atoms with van der Waals surface area (Å²) in [6, 6.07) is 3.59. The first-order chi connectivity index (χ1) is 6.15. The molecule has 0 fully saturated rings. The Morgan fingerprint density at radius 3 is 3.00 bits per heavy atom. The number of carbonyl (C=O) groups excluding carboxylic acids is 1. The molecule has 0 N–H and O–H groups in total. The summed E-state index contributed by atoms with van der Waals surface area (Å²) >= 11 is 5.28. The molecule has 0 radical (unpaired) electrons. The van der Waals surface area contributed by atoms with Crippen molar-refractivity contribution in [1.82, 2.24) is 4.98 Å². The highest BCUT2D eigenvalue weighted by molar-refractivity contribution is 14.1. The molecule has 0 bridgehead atoms. The van der Waals surface area contributed by atoms with Crippen LogP contribution in [-0.2, 0) is 4.74 Å². The van der Waals surface area contributed by atoms with E-state index in [-0.39, 0.29) is 0 Å². The molecule has 1 rings (SSSR count). The first-order valence-electron chi connectivity index (χ1n) is 3.64. The summed E-state index contributed by atoms with van der Waals surface area (Å²) in [6.45, 7) is 2.12. The van der Waals surface area contributed by atoms with Gasteiger partial charge in [-0.1, -0.05) is 0 Å². The van der Waals surface area contributed by atoms with Crippen LogP contribution in [0.5, 0.6) is 0 Å². The smallest absolute Gasteiger partial charge is 0.358 e. The lowest BCUT2D eigenvalue weighted by molar-refractivity contribution is 0.0518. The van der Waals surface area contributed by atoms with Crippen molar-refractivity contribution in [2.45, 2.75) is 6.92 Å². The Balaban J connectivity index is 2.99. The van der Waals surface area contributed by atoms with Crippen molar-refractivity contribution < 1.29 is 9.53 Å². The Hall–Kier alpha value is -0.170. The van der Waals surface area contributed by atoms with Crippen LogP contribution in [0.2, 0.25) is 0 Å². The summed E-state index contributed by atoms with van der Waals surface area (Å²) < 4.78 is 6.26. The quantitative estimate of drug-likeness (QED) is 0.465. The van der Waals surface area contributed by atoms with Crippen LogP contribution in [0, 0.1) is 3.70 Å². The second-order valence-electron chi connectivity index (χ2n) is 2.18. The van der Waals surface area contributed by atoms with Gasteiger partial charge in [0.05, 0.1) is 11.1 Å². The highest BCUT2D eigenvalue weighted by atomic mass is 127. The molecule has 0 aliphatic rings. The molecule has 1 aromatic rings. The van der Waals surface area contributed by atoms with E-state index in [1.165, 1.54) is 0 Å². The van der Waals surface area contributed by atoms with Gasteiger partial charge in [-0.3, -0.25) is 0 Å². The number of hydrogen-bond donors (Lipinski definition) is 0. The minimum atomic E-state index is -0.395. The molecule has 0 atom stereocenters. The van der Waals surface area contributed by atoms with Crippen molar-refractivity contribution in [1.29, 1.82) is 0 Å². The van der Waals surface area contributed by atoms with Crippen LogP contribution in [0.15, 0.2) is 16.6 Å². The molecule has 0 aliphatic carbocycles. The van der Waals surface area contributed by atoms with E-state index in [9.17, 15) is 4.79 Å². The Kier molecular flexibility index (Phi) is 4.11. The fourth-order valence-electron chi connectivity index (χ4n) is 0.761. The molecule has 0 amide bonds. The third-order valence-electron chi connectivity index (χ3n) is 1.28. The molecule has 0 aromatic carbocycles. The molecule has 0 saturated carbocycles. The second kappa shape index (κ2) is 4.90. The zero-order valence-corrected chi connectivity index (χ0v) is 10.6. The molecular formula is C8H7BrINO2. The molecule has 70 valence electrons. The fourth-order valence-corrected chi connectivity index (χ4v) is 1.56. The average Bonchev–Trinajstić information content (AvgIpc) is 2.09. The van der Waals surface area contributed by atoms with Crippen LogP contribution in [0.4, 0.5) is 0 Å². The van der Waals surface area contributed by atoms with Gasteiger partial charge >= 0.3 is 5.97 Å². The Morgan fingerprint density at radius 2 is 2.38 bits per heavy atom. The monoisotopic (exact) mass is 355 g/mol. The molecule has 3 nitrogen and oxygen atoms in total. The van der Waals surface area contributed by atoms with E-state index in [4.69, 9.17) is 4.74 Å². The highest BCUT2D eigenvalue weighted by Gasteiger charge is 2.12. The average molecular weight is 356 g/mol. The van der Waals surface area contributed by atoms with E-state index >= 15 is 0 Å². The van der Waals surface area contributed by atoms with E-state index < -0.39 is 5.97 Å². The molecule has 13 heavy (non-hydrogen) atoms. The largest absolute Gasteiger partial charge is 0.461 e. The van der Waals surface area contributed by atoms with Gasteiger partial charge in [0, 0.05) is 0 Å². The third kappa shape index (κ3) is 2.91. The number of halogens is 2. The van der Waals surface area contributed by atoms with Crippen LogP contribution in [0.3, 0.4) is 0 Å². The van der Waals surface area contributed by atoms with Crippen molar-refractivity contribution in [3.8, 4) is 0 Å². The summed E-state index contributed by atoms with van der Waals surface area (Å²) in [5, 5.41) is 0. The van der Waals surface area contributed by atoms with Gasteiger partial charge in [0.25, 0.3) is 0 Å². The summed E-state index contributed by atoms with van der Waals surface area (Å²) in [6.07, 6.45) is 0. The number of ether oxygens (including phenoxy) is 1. The van der Waals surface area contributed by atoms with Gasteiger partial charge in [0.1, 0.15) is 3.70 Å². The van der Waals surface area contributed by atoms with Crippen molar-refractivity contribution in [2.75, 3.05) is 6.61 Å². The minimum absolute atomic E-state index is 0.328. The first-order valence-corrected chi connectivity index (χ1v) is 5.51. The van der Waals surface area contributed by atoms with Crippen LogP contribution in [-0.4, -0.2) is 17.6 Å². The fraction of sp³-hybridized carbons (Fsp3) is 0.250. The maximum Gasteiger partial charge on any atom is 0.358 e. The molecule has 0 aliphatic heterocycles. The van der Waals surface area contributed by atoms with Crippen LogP contribution >= 0.6 is 38.5 Å². The Bertz CT molecular complexity index is 330. The Labute approximate surface area is 98.2 Å². The lowest BCUT2D eigenvalue weighted by atomic mass is 10.3. The van der Waals surface area contributed by atoms with Gasteiger partial charge in [0.2, 0.25) is 0 Å². The molecule has 0 spiro atoms. The SMILES string of the molecule is CCOC(=O)c1nc(I)ccc1Br. The number of carbonyl (C=O) groups is 1. The lowest BCUT2D eigenvalue weighted by Crippen LogP contribution is -2.08.